The van der Waals surface area contributed by atoms with E-state index >= 15 is 0 Å². The summed E-state index contributed by atoms with van der Waals surface area (Å²) in [5, 5.41) is 0.429. The van der Waals surface area contributed by atoms with Gasteiger partial charge in [0.1, 0.15) is 5.75 Å². The van der Waals surface area contributed by atoms with Crippen molar-refractivity contribution < 1.29 is 19.1 Å². The number of halogens is 1. The van der Waals surface area contributed by atoms with Crippen LogP contribution in [0, 0.1) is 0 Å². The highest BCUT2D eigenvalue weighted by Gasteiger charge is 2.22. The zero-order valence-corrected chi connectivity index (χ0v) is 17.4. The number of rotatable bonds is 7. The Morgan fingerprint density at radius 2 is 1.87 bits per heavy atom. The molecule has 1 heterocycles. The van der Waals surface area contributed by atoms with E-state index < -0.39 is 5.97 Å². The number of hydrogen-bond acceptors (Lipinski definition) is 5. The second-order valence-electron chi connectivity index (χ2n) is 6.36. The smallest absolute Gasteiger partial charge is 0.338 e. The number of esters is 1. The van der Waals surface area contributed by atoms with Gasteiger partial charge in [0.2, 0.25) is 0 Å². The number of ether oxygens (including phenoxy) is 2. The monoisotopic (exact) mass is 424 g/mol. The molecule has 0 fully saturated rings. The van der Waals surface area contributed by atoms with Crippen LogP contribution in [0.2, 0.25) is 5.02 Å². The van der Waals surface area contributed by atoms with Gasteiger partial charge in [0.05, 0.1) is 31.4 Å². The summed E-state index contributed by atoms with van der Waals surface area (Å²) in [6.07, 6.45) is 3.37. The molecule has 0 saturated heterocycles. The van der Waals surface area contributed by atoms with E-state index in [1.165, 1.54) is 7.11 Å². The second-order valence-corrected chi connectivity index (χ2v) is 6.80. The van der Waals surface area contributed by atoms with Gasteiger partial charge < -0.3 is 14.4 Å². The van der Waals surface area contributed by atoms with E-state index in [1.54, 1.807) is 66.7 Å². The van der Waals surface area contributed by atoms with Crippen molar-refractivity contribution in [3.63, 3.8) is 0 Å². The van der Waals surface area contributed by atoms with Crippen LogP contribution >= 0.6 is 11.6 Å². The van der Waals surface area contributed by atoms with Gasteiger partial charge in [-0.05, 0) is 61.0 Å². The molecule has 0 unspecified atom stereocenters. The number of anilines is 1. The standard InChI is InChI=1S/C23H21ClN2O4/c1-3-30-23(28)17-6-9-19(10-7-17)26(15-16-5-4-12-25-14-16)22(27)20-13-18(24)8-11-21(20)29-2/h4-14H,3,15H2,1-2H3. The zero-order chi connectivity index (χ0) is 21.5. The van der Waals surface area contributed by atoms with Crippen molar-refractivity contribution in [1.82, 2.24) is 4.98 Å². The van der Waals surface area contributed by atoms with Crippen molar-refractivity contribution in [3.05, 3.63) is 88.7 Å². The van der Waals surface area contributed by atoms with Crippen LogP contribution in [-0.4, -0.2) is 30.6 Å². The molecule has 0 radical (unpaired) electrons. The van der Waals surface area contributed by atoms with Crippen LogP contribution in [0.4, 0.5) is 5.69 Å². The summed E-state index contributed by atoms with van der Waals surface area (Å²) in [5.41, 5.74) is 2.21. The van der Waals surface area contributed by atoms with Crippen molar-refractivity contribution in [2.24, 2.45) is 0 Å². The molecular weight excluding hydrogens is 404 g/mol. The zero-order valence-electron chi connectivity index (χ0n) is 16.7. The van der Waals surface area contributed by atoms with Gasteiger partial charge >= 0.3 is 5.97 Å². The number of carbonyl (C=O) groups is 2. The molecule has 2 aromatic carbocycles. The van der Waals surface area contributed by atoms with E-state index in [0.29, 0.717) is 34.2 Å². The van der Waals surface area contributed by atoms with Crippen molar-refractivity contribution in [2.75, 3.05) is 18.6 Å². The normalized spacial score (nSPS) is 10.4. The maximum atomic E-state index is 13.5. The lowest BCUT2D eigenvalue weighted by molar-refractivity contribution is 0.0526. The van der Waals surface area contributed by atoms with Crippen LogP contribution in [0.3, 0.4) is 0 Å². The van der Waals surface area contributed by atoms with E-state index in [1.807, 2.05) is 12.1 Å². The van der Waals surface area contributed by atoms with Crippen molar-refractivity contribution in [3.8, 4) is 5.75 Å². The van der Waals surface area contributed by atoms with E-state index in [2.05, 4.69) is 4.98 Å². The highest BCUT2D eigenvalue weighted by atomic mass is 35.5. The molecule has 3 aromatic rings. The van der Waals surface area contributed by atoms with Gasteiger partial charge in [-0.2, -0.15) is 0 Å². The second kappa shape index (κ2) is 9.89. The highest BCUT2D eigenvalue weighted by molar-refractivity contribution is 6.31. The first-order valence-corrected chi connectivity index (χ1v) is 9.72. The number of benzene rings is 2. The molecule has 0 atom stereocenters. The Morgan fingerprint density at radius 3 is 2.50 bits per heavy atom. The van der Waals surface area contributed by atoms with Gasteiger partial charge in [-0.25, -0.2) is 4.79 Å². The van der Waals surface area contributed by atoms with Crippen LogP contribution in [-0.2, 0) is 11.3 Å². The van der Waals surface area contributed by atoms with Crippen LogP contribution in [0.15, 0.2) is 67.0 Å². The summed E-state index contributed by atoms with van der Waals surface area (Å²) in [6, 6.07) is 15.3. The van der Waals surface area contributed by atoms with Gasteiger partial charge in [0, 0.05) is 23.1 Å². The number of amides is 1. The van der Waals surface area contributed by atoms with Crippen LogP contribution in [0.25, 0.3) is 0 Å². The fourth-order valence-corrected chi connectivity index (χ4v) is 3.11. The third-order valence-electron chi connectivity index (χ3n) is 4.39. The fraction of sp³-hybridized carbons (Fsp3) is 0.174. The molecule has 3 rings (SSSR count). The molecule has 0 aliphatic rings. The molecule has 0 bridgehead atoms. The lowest BCUT2D eigenvalue weighted by atomic mass is 10.1. The van der Waals surface area contributed by atoms with E-state index in [4.69, 9.17) is 21.1 Å². The Morgan fingerprint density at radius 1 is 1.10 bits per heavy atom. The molecule has 7 heteroatoms. The fourth-order valence-electron chi connectivity index (χ4n) is 2.94. The quantitative estimate of drug-likeness (QED) is 0.511. The molecule has 1 amide bonds. The molecule has 6 nitrogen and oxygen atoms in total. The molecule has 0 aliphatic heterocycles. The molecule has 0 saturated carbocycles. The number of hydrogen-bond donors (Lipinski definition) is 0. The molecule has 0 N–H and O–H groups in total. The summed E-state index contributed by atoms with van der Waals surface area (Å²) in [6.45, 7) is 2.32. The topological polar surface area (TPSA) is 68.7 Å². The van der Waals surface area contributed by atoms with Gasteiger partial charge in [0.25, 0.3) is 5.91 Å². The largest absolute Gasteiger partial charge is 0.496 e. The van der Waals surface area contributed by atoms with Crippen molar-refractivity contribution in [1.29, 1.82) is 0 Å². The molecule has 0 aliphatic carbocycles. The summed E-state index contributed by atoms with van der Waals surface area (Å²) < 4.78 is 10.4. The van der Waals surface area contributed by atoms with E-state index in [-0.39, 0.29) is 12.5 Å². The molecule has 1 aromatic heterocycles. The number of carbonyl (C=O) groups excluding carboxylic acids is 2. The Kier molecular flexibility index (Phi) is 7.03. The third kappa shape index (κ3) is 4.96. The van der Waals surface area contributed by atoms with E-state index in [9.17, 15) is 9.59 Å². The minimum atomic E-state index is -0.411. The van der Waals surface area contributed by atoms with Crippen LogP contribution in [0.5, 0.6) is 5.75 Å². The lowest BCUT2D eigenvalue weighted by Crippen LogP contribution is -2.31. The SMILES string of the molecule is CCOC(=O)c1ccc(N(Cc2cccnc2)C(=O)c2cc(Cl)ccc2OC)cc1. The Labute approximate surface area is 180 Å². The minimum absolute atomic E-state index is 0.279. The number of pyridine rings is 1. The predicted molar refractivity (Wildman–Crippen MR) is 115 cm³/mol. The summed E-state index contributed by atoms with van der Waals surface area (Å²) in [4.78, 5) is 31.1. The maximum absolute atomic E-state index is 13.5. The number of aromatic nitrogens is 1. The van der Waals surface area contributed by atoms with Gasteiger partial charge in [-0.3, -0.25) is 9.78 Å². The van der Waals surface area contributed by atoms with Crippen molar-refractivity contribution >= 4 is 29.2 Å². The first kappa shape index (κ1) is 21.3. The van der Waals surface area contributed by atoms with E-state index in [0.717, 1.165) is 5.56 Å². The highest BCUT2D eigenvalue weighted by Crippen LogP contribution is 2.28. The average molecular weight is 425 g/mol. The van der Waals surface area contributed by atoms with Gasteiger partial charge in [-0.1, -0.05) is 17.7 Å². The van der Waals surface area contributed by atoms with Crippen LogP contribution in [0.1, 0.15) is 33.2 Å². The number of nitrogens with zero attached hydrogens (tertiary/aromatic N) is 2. The predicted octanol–water partition coefficient (Wildman–Crippen LogP) is 4.77. The minimum Gasteiger partial charge on any atom is -0.496 e. The molecular formula is C23H21ClN2O4. The van der Waals surface area contributed by atoms with Crippen molar-refractivity contribution in [2.45, 2.75) is 13.5 Å². The molecule has 154 valence electrons. The van der Waals surface area contributed by atoms with Gasteiger partial charge in [-0.15, -0.1) is 0 Å². The third-order valence-corrected chi connectivity index (χ3v) is 4.63. The van der Waals surface area contributed by atoms with Gasteiger partial charge in [0.15, 0.2) is 0 Å². The maximum Gasteiger partial charge on any atom is 0.338 e. The Bertz CT molecular complexity index is 1020. The Hall–Kier alpha value is -3.38. The average Bonchev–Trinajstić information content (AvgIpc) is 2.78. The molecule has 30 heavy (non-hydrogen) atoms. The first-order chi connectivity index (χ1) is 14.5. The number of methoxy groups -OCH3 is 1. The van der Waals surface area contributed by atoms with Crippen LogP contribution < -0.4 is 9.64 Å². The summed E-state index contributed by atoms with van der Waals surface area (Å²) in [7, 11) is 1.50. The lowest BCUT2D eigenvalue weighted by Gasteiger charge is -2.24. The molecule has 0 spiro atoms. The summed E-state index contributed by atoms with van der Waals surface area (Å²) in [5.74, 6) is -0.281. The summed E-state index contributed by atoms with van der Waals surface area (Å²) >= 11 is 6.13. The first-order valence-electron chi connectivity index (χ1n) is 9.35. The Balaban J connectivity index is 2.00.